The fourth-order valence-corrected chi connectivity index (χ4v) is 2.55. The Hall–Kier alpha value is -3.20. The highest BCUT2D eigenvalue weighted by Crippen LogP contribution is 2.07. The van der Waals surface area contributed by atoms with Gasteiger partial charge in [-0.1, -0.05) is 71.3 Å². The van der Waals surface area contributed by atoms with E-state index in [2.05, 4.69) is 39.0 Å². The molecule has 0 aliphatic rings. The number of hydrogen-bond acceptors (Lipinski definition) is 3. The minimum atomic E-state index is -0.639. The van der Waals surface area contributed by atoms with E-state index in [1.54, 1.807) is 60.7 Å². The molecule has 0 aromatic heterocycles. The van der Waals surface area contributed by atoms with Crippen molar-refractivity contribution >= 4 is 11.9 Å². The van der Waals surface area contributed by atoms with Gasteiger partial charge < -0.3 is 4.74 Å². The Morgan fingerprint density at radius 1 is 0.577 bits per heavy atom. The van der Waals surface area contributed by atoms with Crippen molar-refractivity contribution in [2.24, 2.45) is 0 Å². The van der Waals surface area contributed by atoms with Gasteiger partial charge in [-0.15, -0.1) is 0 Å². The van der Waals surface area contributed by atoms with Crippen molar-refractivity contribution in [2.45, 2.75) is 20.8 Å². The van der Waals surface area contributed by atoms with E-state index in [0.717, 1.165) is 0 Å². The third-order valence-electron chi connectivity index (χ3n) is 3.57. The minimum absolute atomic E-state index is 0.358. The molecule has 3 aromatic rings. The number of carbonyl (C=O) groups excluding carboxylic acids is 2. The second-order valence-electron chi connectivity index (χ2n) is 6.07. The standard InChI is InChI=1S/C14H10O3.C9H12/c15-13(11-7-3-1-4-8-11)17-14(16)12-9-5-2-6-10-12;1-7-4-8(2)6-9(3)5-7/h1-10H;4-6H,1-3H3. The molecule has 0 spiro atoms. The van der Waals surface area contributed by atoms with Crippen LogP contribution in [0.5, 0.6) is 0 Å². The molecular formula is C23H22O3. The van der Waals surface area contributed by atoms with Crippen LogP contribution in [0.15, 0.2) is 78.9 Å². The first kappa shape index (κ1) is 19.1. The van der Waals surface area contributed by atoms with Crippen molar-refractivity contribution in [2.75, 3.05) is 0 Å². The van der Waals surface area contributed by atoms with Crippen LogP contribution in [0.2, 0.25) is 0 Å². The van der Waals surface area contributed by atoms with Crippen LogP contribution in [0.1, 0.15) is 37.4 Å². The molecule has 0 fully saturated rings. The summed E-state index contributed by atoms with van der Waals surface area (Å²) in [5.74, 6) is -1.28. The zero-order chi connectivity index (χ0) is 18.9. The first-order valence-corrected chi connectivity index (χ1v) is 8.37. The van der Waals surface area contributed by atoms with E-state index in [-0.39, 0.29) is 0 Å². The Bertz CT molecular complexity index is 768. The summed E-state index contributed by atoms with van der Waals surface area (Å²) in [5.41, 5.74) is 4.78. The molecule has 0 heterocycles. The van der Waals surface area contributed by atoms with Crippen LogP contribution in [-0.4, -0.2) is 11.9 Å². The molecule has 0 aliphatic heterocycles. The van der Waals surface area contributed by atoms with Gasteiger partial charge >= 0.3 is 11.9 Å². The first-order valence-electron chi connectivity index (χ1n) is 8.37. The molecule has 0 saturated carbocycles. The molecule has 0 bridgehead atoms. The first-order chi connectivity index (χ1) is 12.5. The predicted octanol–water partition coefficient (Wildman–Crippen LogP) is 5.30. The lowest BCUT2D eigenvalue weighted by molar-refractivity contribution is 0.0398. The molecule has 0 unspecified atom stereocenters. The second kappa shape index (κ2) is 9.33. The molecule has 0 aliphatic carbocycles. The zero-order valence-electron chi connectivity index (χ0n) is 15.2. The number of ether oxygens (including phenoxy) is 1. The van der Waals surface area contributed by atoms with E-state index >= 15 is 0 Å². The van der Waals surface area contributed by atoms with Gasteiger partial charge in [-0.05, 0) is 45.0 Å². The molecule has 3 rings (SSSR count). The molecule has 0 radical (unpaired) electrons. The Labute approximate surface area is 154 Å². The van der Waals surface area contributed by atoms with Crippen LogP contribution < -0.4 is 0 Å². The molecule has 132 valence electrons. The van der Waals surface area contributed by atoms with E-state index in [1.165, 1.54) is 16.7 Å². The Morgan fingerprint density at radius 3 is 1.19 bits per heavy atom. The van der Waals surface area contributed by atoms with Gasteiger partial charge in [0.05, 0.1) is 11.1 Å². The third-order valence-corrected chi connectivity index (χ3v) is 3.57. The summed E-state index contributed by atoms with van der Waals surface area (Å²) in [5, 5.41) is 0. The van der Waals surface area contributed by atoms with Gasteiger partial charge in [-0.25, -0.2) is 9.59 Å². The molecule has 0 atom stereocenters. The summed E-state index contributed by atoms with van der Waals surface area (Å²) in [6.07, 6.45) is 0. The van der Waals surface area contributed by atoms with Gasteiger partial charge in [-0.2, -0.15) is 0 Å². The van der Waals surface area contributed by atoms with E-state index in [9.17, 15) is 9.59 Å². The SMILES string of the molecule is Cc1cc(C)cc(C)c1.O=C(OC(=O)c1ccccc1)c1ccccc1. The quantitative estimate of drug-likeness (QED) is 0.467. The Balaban J connectivity index is 0.000000228. The average Bonchev–Trinajstić information content (AvgIpc) is 2.62. The summed E-state index contributed by atoms with van der Waals surface area (Å²) >= 11 is 0. The molecule has 3 heteroatoms. The number of carbonyl (C=O) groups is 2. The highest BCUT2D eigenvalue weighted by atomic mass is 16.6. The van der Waals surface area contributed by atoms with Crippen molar-refractivity contribution in [3.05, 3.63) is 107 Å². The van der Waals surface area contributed by atoms with Crippen molar-refractivity contribution in [3.63, 3.8) is 0 Å². The van der Waals surface area contributed by atoms with E-state index in [0.29, 0.717) is 11.1 Å². The van der Waals surface area contributed by atoms with Gasteiger partial charge in [0, 0.05) is 0 Å². The lowest BCUT2D eigenvalue weighted by Crippen LogP contribution is -2.12. The molecule has 0 saturated heterocycles. The van der Waals surface area contributed by atoms with Crippen LogP contribution in [0.4, 0.5) is 0 Å². The molecule has 3 nitrogen and oxygen atoms in total. The number of esters is 2. The van der Waals surface area contributed by atoms with Gasteiger partial charge in [0.25, 0.3) is 0 Å². The maximum atomic E-state index is 11.6. The van der Waals surface area contributed by atoms with Crippen LogP contribution in [0, 0.1) is 20.8 Å². The maximum absolute atomic E-state index is 11.6. The Morgan fingerprint density at radius 2 is 0.885 bits per heavy atom. The topological polar surface area (TPSA) is 43.4 Å². The number of aryl methyl sites for hydroxylation is 3. The smallest absolute Gasteiger partial charge is 0.346 e. The van der Waals surface area contributed by atoms with Crippen molar-refractivity contribution in [1.29, 1.82) is 0 Å². The lowest BCUT2D eigenvalue weighted by Gasteiger charge is -2.02. The van der Waals surface area contributed by atoms with Crippen molar-refractivity contribution < 1.29 is 14.3 Å². The third kappa shape index (κ3) is 6.02. The van der Waals surface area contributed by atoms with Gasteiger partial charge in [0.15, 0.2) is 0 Å². The number of rotatable bonds is 2. The highest BCUT2D eigenvalue weighted by molar-refractivity contribution is 6.02. The summed E-state index contributed by atoms with van der Waals surface area (Å²) in [4.78, 5) is 23.2. The highest BCUT2D eigenvalue weighted by Gasteiger charge is 2.13. The van der Waals surface area contributed by atoms with Crippen LogP contribution in [0.3, 0.4) is 0 Å². The zero-order valence-corrected chi connectivity index (χ0v) is 15.2. The predicted molar refractivity (Wildman–Crippen MR) is 103 cm³/mol. The number of benzene rings is 3. The normalized spacial score (nSPS) is 9.65. The molecule has 3 aromatic carbocycles. The summed E-state index contributed by atoms with van der Waals surface area (Å²) < 4.78 is 4.74. The molecule has 0 N–H and O–H groups in total. The van der Waals surface area contributed by atoms with Crippen LogP contribution >= 0.6 is 0 Å². The largest absolute Gasteiger partial charge is 0.386 e. The minimum Gasteiger partial charge on any atom is -0.386 e. The van der Waals surface area contributed by atoms with E-state index in [4.69, 9.17) is 4.74 Å². The molecule has 26 heavy (non-hydrogen) atoms. The van der Waals surface area contributed by atoms with Gasteiger partial charge in [0.2, 0.25) is 0 Å². The van der Waals surface area contributed by atoms with Crippen LogP contribution in [0.25, 0.3) is 0 Å². The summed E-state index contributed by atoms with van der Waals surface area (Å²) in [6.45, 7) is 6.38. The number of hydrogen-bond donors (Lipinski definition) is 0. The van der Waals surface area contributed by atoms with Crippen LogP contribution in [-0.2, 0) is 4.74 Å². The maximum Gasteiger partial charge on any atom is 0.346 e. The molecule has 0 amide bonds. The second-order valence-corrected chi connectivity index (χ2v) is 6.07. The lowest BCUT2D eigenvalue weighted by atomic mass is 10.1. The Kier molecular flexibility index (Phi) is 6.86. The van der Waals surface area contributed by atoms with E-state index in [1.807, 2.05) is 0 Å². The van der Waals surface area contributed by atoms with Crippen molar-refractivity contribution in [3.8, 4) is 0 Å². The van der Waals surface area contributed by atoms with Gasteiger partial charge in [-0.3, -0.25) is 0 Å². The summed E-state index contributed by atoms with van der Waals surface area (Å²) in [7, 11) is 0. The molecular weight excluding hydrogens is 324 g/mol. The fourth-order valence-electron chi connectivity index (χ4n) is 2.55. The monoisotopic (exact) mass is 346 g/mol. The van der Waals surface area contributed by atoms with Gasteiger partial charge in [0.1, 0.15) is 0 Å². The summed E-state index contributed by atoms with van der Waals surface area (Å²) in [6, 6.07) is 23.4. The van der Waals surface area contributed by atoms with E-state index < -0.39 is 11.9 Å². The average molecular weight is 346 g/mol. The van der Waals surface area contributed by atoms with Crippen molar-refractivity contribution in [1.82, 2.24) is 0 Å². The fraction of sp³-hybridized carbons (Fsp3) is 0.130.